The minimum Gasteiger partial charge on any atom is -0.461 e. The van der Waals surface area contributed by atoms with E-state index in [0.717, 1.165) is 51.9 Å². The lowest BCUT2D eigenvalue weighted by Crippen LogP contribution is -2.73. The second kappa shape index (κ2) is 17.9. The van der Waals surface area contributed by atoms with Gasteiger partial charge in [0.1, 0.15) is 32.9 Å². The molecule has 0 atom stereocenters. The van der Waals surface area contributed by atoms with Gasteiger partial charge in [-0.05, 0) is 104 Å². The zero-order valence-corrected chi connectivity index (χ0v) is 39.0. The van der Waals surface area contributed by atoms with E-state index in [1.165, 1.54) is 4.90 Å². The van der Waals surface area contributed by atoms with E-state index in [1.807, 2.05) is 6.07 Å². The van der Waals surface area contributed by atoms with Gasteiger partial charge in [-0.3, -0.25) is 9.36 Å². The lowest BCUT2D eigenvalue weighted by molar-refractivity contribution is -0.0268. The molecule has 0 aromatic carbocycles. The van der Waals surface area contributed by atoms with Gasteiger partial charge in [0, 0.05) is 47.7 Å². The van der Waals surface area contributed by atoms with E-state index >= 15 is 0 Å². The molecular formula is C44H56Cl2N10O8. The molecule has 18 nitrogen and oxygen atoms in total. The van der Waals surface area contributed by atoms with Crippen LogP contribution in [0, 0.1) is 0 Å². The van der Waals surface area contributed by atoms with Crippen LogP contribution < -0.4 is 16.4 Å². The number of nitrogens with one attached hydrogen (secondary N) is 2. The van der Waals surface area contributed by atoms with E-state index in [0.29, 0.717) is 66.5 Å². The van der Waals surface area contributed by atoms with Gasteiger partial charge in [0.2, 0.25) is 0 Å². The van der Waals surface area contributed by atoms with E-state index in [-0.39, 0.29) is 32.2 Å². The van der Waals surface area contributed by atoms with Crippen molar-refractivity contribution < 1.29 is 38.1 Å². The number of likely N-dealkylation sites (tertiary alicyclic amines) is 1. The summed E-state index contributed by atoms with van der Waals surface area (Å²) in [7, 11) is 0. The maximum Gasteiger partial charge on any atom is 0.410 e. The first-order valence-corrected chi connectivity index (χ1v) is 22.2. The Morgan fingerprint density at radius 3 is 1.64 bits per heavy atom. The minimum absolute atomic E-state index is 0.0981. The van der Waals surface area contributed by atoms with Gasteiger partial charge in [-0.1, -0.05) is 23.2 Å². The molecule has 0 bridgehead atoms. The summed E-state index contributed by atoms with van der Waals surface area (Å²) < 4.78 is 25.0. The number of carbonyl (C=O) groups excluding carboxylic acids is 4. The molecule has 4 aromatic rings. The maximum atomic E-state index is 13.2. The van der Waals surface area contributed by atoms with Crippen molar-refractivity contribution in [2.24, 2.45) is 5.73 Å². The van der Waals surface area contributed by atoms with Gasteiger partial charge >= 0.3 is 24.1 Å². The summed E-state index contributed by atoms with van der Waals surface area (Å²) in [4.78, 5) is 61.2. The molecule has 20 heteroatoms. The molecular weight excluding hydrogens is 867 g/mol. The summed E-state index contributed by atoms with van der Waals surface area (Å²) in [5.74, 6) is -0.860. The minimum atomic E-state index is -0.964. The molecule has 2 aliphatic heterocycles. The van der Waals surface area contributed by atoms with Crippen molar-refractivity contribution in [3.05, 3.63) is 68.5 Å². The van der Waals surface area contributed by atoms with Gasteiger partial charge in [0.15, 0.2) is 0 Å². The number of hydrogen-bond donors (Lipinski definition) is 3. The van der Waals surface area contributed by atoms with Crippen molar-refractivity contribution in [2.75, 3.05) is 39.4 Å². The Bertz CT molecular complexity index is 2460. The van der Waals surface area contributed by atoms with Gasteiger partial charge in [0.05, 0.1) is 61.9 Å². The number of aryl methyl sites for hydroxylation is 2. The topological polar surface area (TPSA) is 220 Å². The molecule has 0 saturated carbocycles. The van der Waals surface area contributed by atoms with E-state index in [1.54, 1.807) is 83.2 Å². The molecule has 4 aliphatic rings. The molecule has 64 heavy (non-hydrogen) atoms. The van der Waals surface area contributed by atoms with Gasteiger partial charge in [-0.25, -0.2) is 29.1 Å². The lowest BCUT2D eigenvalue weighted by Gasteiger charge is -2.49. The molecule has 4 aromatic heterocycles. The Labute approximate surface area is 381 Å². The summed E-state index contributed by atoms with van der Waals surface area (Å²) in [6.45, 7) is 17.0. The number of hydrogen-bond acceptors (Lipinski definition) is 14. The molecule has 8 rings (SSSR count). The zero-order valence-electron chi connectivity index (χ0n) is 37.5. The van der Waals surface area contributed by atoms with Crippen LogP contribution in [0.3, 0.4) is 0 Å². The van der Waals surface area contributed by atoms with Gasteiger partial charge in [-0.15, -0.1) is 0 Å². The molecule has 2 aliphatic carbocycles. The fraction of sp³-hybridized carbons (Fsp3) is 0.545. The third-order valence-electron chi connectivity index (χ3n) is 11.0. The normalized spacial score (nSPS) is 16.5. The predicted molar refractivity (Wildman–Crippen MR) is 237 cm³/mol. The number of fused-ring (bicyclic) bond motifs is 6. The molecule has 2 fully saturated rings. The average Bonchev–Trinajstić information content (AvgIpc) is 3.73. The summed E-state index contributed by atoms with van der Waals surface area (Å²) in [5.41, 5.74) is 11.3. The highest BCUT2D eigenvalue weighted by molar-refractivity contribution is 6.30. The summed E-state index contributed by atoms with van der Waals surface area (Å²) >= 11 is 12.3. The fourth-order valence-electron chi connectivity index (χ4n) is 8.29. The second-order valence-electron chi connectivity index (χ2n) is 18.6. The molecule has 344 valence electrons. The number of carbonyl (C=O) groups is 4. The highest BCUT2D eigenvalue weighted by Gasteiger charge is 2.50. The van der Waals surface area contributed by atoms with Gasteiger partial charge in [0.25, 0.3) is 0 Å². The van der Waals surface area contributed by atoms with Crippen molar-refractivity contribution >= 4 is 47.3 Å². The van der Waals surface area contributed by atoms with Crippen LogP contribution in [0.1, 0.15) is 98.6 Å². The smallest absolute Gasteiger partial charge is 0.410 e. The number of esters is 2. The number of nitrogens with two attached hydrogens (primary N) is 1. The highest BCUT2D eigenvalue weighted by Crippen LogP contribution is 2.38. The number of aromatic nitrogens is 6. The molecule has 0 unspecified atom stereocenters. The van der Waals surface area contributed by atoms with Crippen LogP contribution >= 0.6 is 23.2 Å². The fourth-order valence-corrected chi connectivity index (χ4v) is 8.60. The molecule has 6 heterocycles. The Hall–Kier alpha value is -5.30. The Balaban J connectivity index is 0.000000210. The molecule has 0 spiro atoms. The summed E-state index contributed by atoms with van der Waals surface area (Å²) in [6.07, 6.45) is 5.11. The van der Waals surface area contributed by atoms with Crippen LogP contribution in [-0.4, -0.2) is 120 Å². The SMILES string of the molecule is CCOC(=O)c1c2c(nn1CC1(N)CNC1)-c1cc(Cl)ncc1CC2.CCOC(=O)c1c2c(nn1CC1(NC(=O)OC(C)(C)C)CN(C(=O)OC(C)(C)C)C1)-c1cc(Cl)ncc1CC2. The quantitative estimate of drug-likeness (QED) is 0.106. The number of nitrogens with zero attached hydrogens (tertiary/aromatic N) is 7. The average molecular weight is 924 g/mol. The highest BCUT2D eigenvalue weighted by atomic mass is 35.5. The number of pyridine rings is 2. The first-order chi connectivity index (χ1) is 30.1. The summed E-state index contributed by atoms with van der Waals surface area (Å²) in [5, 5.41) is 16.4. The molecule has 2 amide bonds. The van der Waals surface area contributed by atoms with Crippen LogP contribution in [0.25, 0.3) is 22.5 Å². The van der Waals surface area contributed by atoms with Crippen LogP contribution in [-0.2, 0) is 57.7 Å². The Morgan fingerprint density at radius 2 is 1.22 bits per heavy atom. The molecule has 2 saturated heterocycles. The van der Waals surface area contributed by atoms with E-state index in [9.17, 15) is 19.2 Å². The van der Waals surface area contributed by atoms with Gasteiger partial charge in [-0.2, -0.15) is 10.2 Å². The summed E-state index contributed by atoms with van der Waals surface area (Å²) in [6, 6.07) is 3.55. The number of rotatable bonds is 9. The predicted octanol–water partition coefficient (Wildman–Crippen LogP) is 5.56. The van der Waals surface area contributed by atoms with E-state index in [4.69, 9.17) is 58.1 Å². The monoisotopic (exact) mass is 922 g/mol. The van der Waals surface area contributed by atoms with E-state index in [2.05, 4.69) is 20.6 Å². The Morgan fingerprint density at radius 1 is 0.750 bits per heavy atom. The number of halogens is 2. The standard InChI is InChI=1S/C27H36ClN5O6.C17H20ClN5O2/c1-8-37-22(34)21-17-10-9-16-12-29-19(28)11-18(16)20(17)31-33(21)15-27(30-23(35)38-25(2,3)4)13-32(14-27)24(36)39-26(5,6)7;1-2-25-16(24)15-11-4-3-10-6-21-13(18)5-12(10)14(11)22-23(15)9-17(19)7-20-8-17/h11-12H,8-10,13-15H2,1-7H3,(H,30,35);5-6,20H,2-4,7-9,19H2,1H3. The number of ether oxygens (including phenoxy) is 4. The van der Waals surface area contributed by atoms with Crippen LogP contribution in [0.5, 0.6) is 0 Å². The van der Waals surface area contributed by atoms with Crippen LogP contribution in [0.4, 0.5) is 9.59 Å². The second-order valence-corrected chi connectivity index (χ2v) is 19.4. The van der Waals surface area contributed by atoms with Crippen molar-refractivity contribution in [1.29, 1.82) is 0 Å². The van der Waals surface area contributed by atoms with E-state index < -0.39 is 40.4 Å². The molecule has 4 N–H and O–H groups in total. The zero-order chi connectivity index (χ0) is 46.4. The Kier molecular flexibility index (Phi) is 13.1. The number of amides is 2. The third kappa shape index (κ3) is 10.1. The van der Waals surface area contributed by atoms with Crippen molar-refractivity contribution in [1.82, 2.24) is 45.1 Å². The first kappa shape index (κ1) is 46.7. The molecule has 0 radical (unpaired) electrons. The van der Waals surface area contributed by atoms with Gasteiger partial charge < -0.3 is 40.2 Å². The third-order valence-corrected chi connectivity index (χ3v) is 11.4. The number of alkyl carbamates (subject to hydrolysis) is 1. The van der Waals surface area contributed by atoms with Crippen molar-refractivity contribution in [2.45, 2.75) is 116 Å². The largest absolute Gasteiger partial charge is 0.461 e. The van der Waals surface area contributed by atoms with Crippen LogP contribution in [0.2, 0.25) is 10.3 Å². The van der Waals surface area contributed by atoms with Crippen molar-refractivity contribution in [3.63, 3.8) is 0 Å². The lowest BCUT2D eigenvalue weighted by atomic mass is 9.89. The van der Waals surface area contributed by atoms with Crippen LogP contribution in [0.15, 0.2) is 24.5 Å². The van der Waals surface area contributed by atoms with Crippen molar-refractivity contribution in [3.8, 4) is 22.5 Å². The maximum absolute atomic E-state index is 13.2. The first-order valence-electron chi connectivity index (χ1n) is 21.4.